The van der Waals surface area contributed by atoms with Crippen LogP contribution in [0.2, 0.25) is 0 Å². The van der Waals surface area contributed by atoms with Gasteiger partial charge in [0.05, 0.1) is 0 Å². The van der Waals surface area contributed by atoms with Crippen LogP contribution in [0.25, 0.3) is 11.1 Å². The fourth-order valence-corrected chi connectivity index (χ4v) is 4.67. The summed E-state index contributed by atoms with van der Waals surface area (Å²) in [4.78, 5) is 2.49. The Kier molecular flexibility index (Phi) is 9.36. The minimum absolute atomic E-state index is 0. The number of nitrogens with zero attached hydrogens (tertiary/aromatic N) is 1. The molecule has 0 amide bonds. The maximum Gasteiger partial charge on any atom is 0.119 e. The van der Waals surface area contributed by atoms with Gasteiger partial charge in [-0.15, -0.1) is 0 Å². The number of allylic oxidation sites excluding steroid dienone is 1. The van der Waals surface area contributed by atoms with Crippen molar-refractivity contribution in [3.05, 3.63) is 99.1 Å². The van der Waals surface area contributed by atoms with Gasteiger partial charge in [0.1, 0.15) is 12.4 Å². The van der Waals surface area contributed by atoms with Gasteiger partial charge in [-0.25, -0.2) is 0 Å². The highest BCUT2D eigenvalue weighted by Gasteiger charge is 2.14. The van der Waals surface area contributed by atoms with Gasteiger partial charge in [-0.1, -0.05) is 68.9 Å². The number of halogens is 1. The third-order valence-corrected chi connectivity index (χ3v) is 6.65. The topological polar surface area (TPSA) is 12.5 Å². The Morgan fingerprint density at radius 1 is 0.812 bits per heavy atom. The van der Waals surface area contributed by atoms with E-state index in [-0.39, 0.29) is 7.43 Å². The van der Waals surface area contributed by atoms with Gasteiger partial charge in [-0.2, -0.15) is 0 Å². The number of benzene rings is 3. The average Bonchev–Trinajstić information content (AvgIpc) is 3.33. The summed E-state index contributed by atoms with van der Waals surface area (Å²) in [7, 11) is 0. The molecule has 2 nitrogen and oxygen atoms in total. The van der Waals surface area contributed by atoms with Crippen LogP contribution < -0.4 is 4.74 Å². The van der Waals surface area contributed by atoms with Crippen LogP contribution in [0.4, 0.5) is 0 Å². The van der Waals surface area contributed by atoms with Crippen molar-refractivity contribution >= 4 is 33.7 Å². The maximum atomic E-state index is 6.04. The molecule has 3 aromatic rings. The highest BCUT2D eigenvalue weighted by molar-refractivity contribution is 14.1. The summed E-state index contributed by atoms with van der Waals surface area (Å²) >= 11 is 2.37. The first-order valence-corrected chi connectivity index (χ1v) is 12.3. The summed E-state index contributed by atoms with van der Waals surface area (Å²) < 4.78 is 7.29. The van der Waals surface area contributed by atoms with Crippen molar-refractivity contribution in [1.82, 2.24) is 4.90 Å². The summed E-state index contributed by atoms with van der Waals surface area (Å²) in [6, 6.07) is 28.2. The lowest BCUT2D eigenvalue weighted by Crippen LogP contribution is -2.25. The quantitative estimate of drug-likeness (QED) is 0.214. The molecule has 0 bridgehead atoms. The standard InChI is InChI=1S/C28H30INO.CH4/c1-2-27(22-8-4-3-5-9-22)28(23-10-14-25(29)15-11-23)24-12-16-26(17-13-24)31-21-20-30-18-6-7-19-30;/h3-5,8-17H,2,6-7,18-21H2,1H3;1H4/b28-27-;. The van der Waals surface area contributed by atoms with Crippen LogP contribution in [-0.4, -0.2) is 31.1 Å². The van der Waals surface area contributed by atoms with E-state index < -0.39 is 0 Å². The monoisotopic (exact) mass is 539 g/mol. The van der Waals surface area contributed by atoms with E-state index in [1.54, 1.807) is 0 Å². The van der Waals surface area contributed by atoms with E-state index in [1.807, 2.05) is 0 Å². The molecule has 0 aliphatic carbocycles. The smallest absolute Gasteiger partial charge is 0.119 e. The predicted octanol–water partition coefficient (Wildman–Crippen LogP) is 7.77. The summed E-state index contributed by atoms with van der Waals surface area (Å²) in [5, 5.41) is 0. The van der Waals surface area contributed by atoms with Crippen LogP contribution in [0.3, 0.4) is 0 Å². The first-order chi connectivity index (χ1) is 15.2. The van der Waals surface area contributed by atoms with Gasteiger partial charge in [0.25, 0.3) is 0 Å². The summed E-state index contributed by atoms with van der Waals surface area (Å²) in [6.07, 6.45) is 3.62. The van der Waals surface area contributed by atoms with Gasteiger partial charge in [-0.3, -0.25) is 4.90 Å². The number of ether oxygens (including phenoxy) is 1. The highest BCUT2D eigenvalue weighted by atomic mass is 127. The first-order valence-electron chi connectivity index (χ1n) is 11.2. The number of hydrogen-bond donors (Lipinski definition) is 0. The lowest BCUT2D eigenvalue weighted by atomic mass is 9.88. The van der Waals surface area contributed by atoms with Crippen LogP contribution in [0.5, 0.6) is 5.75 Å². The number of hydrogen-bond acceptors (Lipinski definition) is 2. The fraction of sp³-hybridized carbons (Fsp3) is 0.310. The Morgan fingerprint density at radius 2 is 1.41 bits per heavy atom. The van der Waals surface area contributed by atoms with E-state index >= 15 is 0 Å². The number of likely N-dealkylation sites (tertiary alicyclic amines) is 1. The maximum absolute atomic E-state index is 6.04. The molecule has 3 aromatic carbocycles. The molecular weight excluding hydrogens is 505 g/mol. The Labute approximate surface area is 207 Å². The molecular formula is C29H34INO. The Morgan fingerprint density at radius 3 is 2.00 bits per heavy atom. The zero-order chi connectivity index (χ0) is 21.5. The van der Waals surface area contributed by atoms with Crippen molar-refractivity contribution in [3.8, 4) is 5.75 Å². The van der Waals surface area contributed by atoms with Gasteiger partial charge in [-0.05, 0) is 107 Å². The molecule has 0 unspecified atom stereocenters. The highest BCUT2D eigenvalue weighted by Crippen LogP contribution is 2.35. The Hall–Kier alpha value is -2.11. The van der Waals surface area contributed by atoms with Gasteiger partial charge >= 0.3 is 0 Å². The molecule has 0 saturated carbocycles. The minimum Gasteiger partial charge on any atom is -0.492 e. The van der Waals surface area contributed by atoms with Gasteiger partial charge in [0.2, 0.25) is 0 Å². The van der Waals surface area contributed by atoms with E-state index in [4.69, 9.17) is 4.74 Å². The molecule has 1 fully saturated rings. The second kappa shape index (κ2) is 12.2. The van der Waals surface area contributed by atoms with Gasteiger partial charge in [0, 0.05) is 10.1 Å². The number of rotatable bonds is 8. The second-order valence-electron chi connectivity index (χ2n) is 8.00. The molecule has 1 aliphatic heterocycles. The van der Waals surface area contributed by atoms with Crippen LogP contribution in [0, 0.1) is 3.57 Å². The van der Waals surface area contributed by atoms with Crippen LogP contribution in [0.15, 0.2) is 78.9 Å². The van der Waals surface area contributed by atoms with Crippen molar-refractivity contribution < 1.29 is 4.74 Å². The van der Waals surface area contributed by atoms with E-state index in [0.717, 1.165) is 25.3 Å². The normalized spacial score (nSPS) is 14.6. The van der Waals surface area contributed by atoms with E-state index in [9.17, 15) is 0 Å². The molecule has 0 spiro atoms. The first kappa shape index (κ1) is 24.5. The molecule has 1 saturated heterocycles. The molecule has 1 aliphatic rings. The van der Waals surface area contributed by atoms with Gasteiger partial charge < -0.3 is 4.74 Å². The zero-order valence-corrected chi connectivity index (χ0v) is 20.3. The zero-order valence-electron chi connectivity index (χ0n) is 18.2. The molecule has 4 rings (SSSR count). The molecule has 1 heterocycles. The second-order valence-corrected chi connectivity index (χ2v) is 9.25. The summed E-state index contributed by atoms with van der Waals surface area (Å²) in [5.74, 6) is 0.947. The van der Waals surface area contributed by atoms with Crippen molar-refractivity contribution in [1.29, 1.82) is 0 Å². The molecule has 32 heavy (non-hydrogen) atoms. The van der Waals surface area contributed by atoms with E-state index in [2.05, 4.69) is 113 Å². The Balaban J connectivity index is 0.00000289. The summed E-state index contributed by atoms with van der Waals surface area (Å²) in [5.41, 5.74) is 6.43. The Bertz CT molecular complexity index is 988. The lowest BCUT2D eigenvalue weighted by Gasteiger charge is -2.17. The van der Waals surface area contributed by atoms with Crippen LogP contribution in [-0.2, 0) is 0 Å². The molecule has 3 heteroatoms. The van der Waals surface area contributed by atoms with Crippen molar-refractivity contribution in [3.63, 3.8) is 0 Å². The largest absolute Gasteiger partial charge is 0.492 e. The third-order valence-electron chi connectivity index (χ3n) is 5.93. The average molecular weight is 540 g/mol. The van der Waals surface area contributed by atoms with Crippen molar-refractivity contribution in [2.75, 3.05) is 26.2 Å². The van der Waals surface area contributed by atoms with Crippen molar-refractivity contribution in [2.24, 2.45) is 0 Å². The van der Waals surface area contributed by atoms with E-state index in [1.165, 1.54) is 57.3 Å². The molecule has 168 valence electrons. The molecule has 0 radical (unpaired) electrons. The lowest BCUT2D eigenvalue weighted by molar-refractivity contribution is 0.238. The fourth-order valence-electron chi connectivity index (χ4n) is 4.31. The minimum atomic E-state index is 0. The van der Waals surface area contributed by atoms with Crippen LogP contribution in [0.1, 0.15) is 50.3 Å². The third kappa shape index (κ3) is 6.23. The summed E-state index contributed by atoms with van der Waals surface area (Å²) in [6.45, 7) is 6.44. The molecule has 0 aromatic heterocycles. The van der Waals surface area contributed by atoms with E-state index in [0.29, 0.717) is 0 Å². The van der Waals surface area contributed by atoms with Crippen molar-refractivity contribution in [2.45, 2.75) is 33.6 Å². The van der Waals surface area contributed by atoms with Gasteiger partial charge in [0.15, 0.2) is 0 Å². The molecule has 0 atom stereocenters. The molecule has 0 N–H and O–H groups in total. The predicted molar refractivity (Wildman–Crippen MR) is 146 cm³/mol. The SMILES string of the molecule is C.CC/C(=C(\c1ccc(I)cc1)c1ccc(OCCN2CCCC2)cc1)c1ccccc1. The van der Waals surface area contributed by atoms with Crippen LogP contribution >= 0.6 is 22.6 Å².